The van der Waals surface area contributed by atoms with Gasteiger partial charge in [0.15, 0.2) is 0 Å². The maximum atomic E-state index is 7.95. The van der Waals surface area contributed by atoms with Gasteiger partial charge in [0, 0.05) is 13.2 Å². The van der Waals surface area contributed by atoms with E-state index in [1.807, 2.05) is 12.1 Å². The first-order chi connectivity index (χ1) is 9.22. The first-order valence-corrected chi connectivity index (χ1v) is 6.21. The van der Waals surface area contributed by atoms with Gasteiger partial charge >= 0.3 is 0 Å². The van der Waals surface area contributed by atoms with E-state index in [0.29, 0.717) is 12.3 Å². The standard InChI is InChI=1S/C14H15N3O2/c1-3-9-4-5-11-12(6-9)17-13(19-14(11)15)7-10(16-17)8-18-2/h4-7,15H,3,8H2,1-2H3. The van der Waals surface area contributed by atoms with Gasteiger partial charge in [-0.2, -0.15) is 9.61 Å². The number of benzene rings is 1. The average molecular weight is 257 g/mol. The van der Waals surface area contributed by atoms with Crippen LogP contribution < -0.4 is 5.55 Å². The lowest BCUT2D eigenvalue weighted by atomic mass is 10.1. The summed E-state index contributed by atoms with van der Waals surface area (Å²) >= 11 is 0. The summed E-state index contributed by atoms with van der Waals surface area (Å²) in [6, 6.07) is 7.79. The van der Waals surface area contributed by atoms with Crippen molar-refractivity contribution in [2.45, 2.75) is 20.0 Å². The number of rotatable bonds is 3. The van der Waals surface area contributed by atoms with Crippen LogP contribution in [0, 0.1) is 5.41 Å². The van der Waals surface area contributed by atoms with Crippen LogP contribution in [0.1, 0.15) is 18.2 Å². The first-order valence-electron chi connectivity index (χ1n) is 6.21. The van der Waals surface area contributed by atoms with E-state index in [0.717, 1.165) is 23.0 Å². The van der Waals surface area contributed by atoms with Crippen molar-refractivity contribution in [3.63, 3.8) is 0 Å². The Morgan fingerprint density at radius 3 is 2.95 bits per heavy atom. The van der Waals surface area contributed by atoms with Crippen LogP contribution in [0.3, 0.4) is 0 Å². The van der Waals surface area contributed by atoms with Crippen molar-refractivity contribution in [1.82, 2.24) is 9.61 Å². The number of nitrogens with one attached hydrogen (secondary N) is 1. The molecule has 98 valence electrons. The molecule has 0 saturated heterocycles. The number of ether oxygens (including phenoxy) is 1. The number of nitrogens with zero attached hydrogens (tertiary/aromatic N) is 2. The van der Waals surface area contributed by atoms with Crippen molar-refractivity contribution >= 4 is 16.6 Å². The lowest BCUT2D eigenvalue weighted by Gasteiger charge is -2.03. The molecule has 0 aliphatic carbocycles. The average Bonchev–Trinajstić information content (AvgIpc) is 2.81. The molecule has 5 nitrogen and oxygen atoms in total. The molecule has 0 spiro atoms. The molecular formula is C14H15N3O2. The van der Waals surface area contributed by atoms with Crippen LogP contribution in [0.4, 0.5) is 0 Å². The monoisotopic (exact) mass is 257 g/mol. The molecular weight excluding hydrogens is 242 g/mol. The molecule has 0 amide bonds. The van der Waals surface area contributed by atoms with Crippen molar-refractivity contribution in [2.75, 3.05) is 7.11 Å². The molecule has 3 rings (SSSR count). The molecule has 19 heavy (non-hydrogen) atoms. The van der Waals surface area contributed by atoms with E-state index in [1.54, 1.807) is 17.7 Å². The fraction of sp³-hybridized carbons (Fsp3) is 0.286. The lowest BCUT2D eigenvalue weighted by molar-refractivity contribution is 0.181. The van der Waals surface area contributed by atoms with E-state index in [4.69, 9.17) is 14.6 Å². The summed E-state index contributed by atoms with van der Waals surface area (Å²) < 4.78 is 12.3. The third kappa shape index (κ3) is 1.92. The minimum absolute atomic E-state index is 0.161. The molecule has 1 aromatic carbocycles. The van der Waals surface area contributed by atoms with Crippen molar-refractivity contribution in [2.24, 2.45) is 0 Å². The van der Waals surface area contributed by atoms with E-state index in [2.05, 4.69) is 18.1 Å². The zero-order valence-electron chi connectivity index (χ0n) is 10.9. The topological polar surface area (TPSA) is 63.5 Å². The van der Waals surface area contributed by atoms with Crippen LogP contribution >= 0.6 is 0 Å². The van der Waals surface area contributed by atoms with Crippen molar-refractivity contribution in [3.8, 4) is 0 Å². The van der Waals surface area contributed by atoms with Crippen LogP contribution in [-0.4, -0.2) is 16.7 Å². The summed E-state index contributed by atoms with van der Waals surface area (Å²) in [6.45, 7) is 2.53. The number of fused-ring (bicyclic) bond motifs is 3. The summed E-state index contributed by atoms with van der Waals surface area (Å²) in [5, 5.41) is 13.2. The lowest BCUT2D eigenvalue weighted by Crippen LogP contribution is -2.05. The quantitative estimate of drug-likeness (QED) is 0.782. The SMILES string of the molecule is CCc1ccc2c(=N)oc3cc(COC)nn3c2c1. The minimum Gasteiger partial charge on any atom is -0.420 e. The molecule has 0 saturated carbocycles. The third-order valence-corrected chi connectivity index (χ3v) is 3.17. The highest BCUT2D eigenvalue weighted by Gasteiger charge is 2.09. The van der Waals surface area contributed by atoms with E-state index in [-0.39, 0.29) is 5.55 Å². The predicted octanol–water partition coefficient (Wildman–Crippen LogP) is 2.27. The number of hydrogen-bond acceptors (Lipinski definition) is 4. The Balaban J connectivity index is 2.38. The second kappa shape index (κ2) is 4.51. The van der Waals surface area contributed by atoms with Gasteiger partial charge in [0.2, 0.25) is 11.3 Å². The second-order valence-electron chi connectivity index (χ2n) is 4.45. The van der Waals surface area contributed by atoms with Gasteiger partial charge in [-0.3, -0.25) is 5.41 Å². The maximum Gasteiger partial charge on any atom is 0.225 e. The largest absolute Gasteiger partial charge is 0.420 e. The summed E-state index contributed by atoms with van der Waals surface area (Å²) in [5.74, 6) is 0. The smallest absolute Gasteiger partial charge is 0.225 e. The molecule has 2 heterocycles. The second-order valence-corrected chi connectivity index (χ2v) is 4.45. The molecule has 5 heteroatoms. The molecule has 2 aromatic heterocycles. The number of aromatic nitrogens is 2. The zero-order chi connectivity index (χ0) is 13.4. The van der Waals surface area contributed by atoms with Crippen molar-refractivity contribution < 1.29 is 9.15 Å². The Hall–Kier alpha value is -2.14. The van der Waals surface area contributed by atoms with E-state index >= 15 is 0 Å². The Labute approximate surface area is 109 Å². The van der Waals surface area contributed by atoms with Gasteiger partial charge in [0.05, 0.1) is 23.2 Å². The number of hydrogen-bond donors (Lipinski definition) is 1. The van der Waals surface area contributed by atoms with E-state index < -0.39 is 0 Å². The Morgan fingerprint density at radius 2 is 2.21 bits per heavy atom. The fourth-order valence-electron chi connectivity index (χ4n) is 2.20. The summed E-state index contributed by atoms with van der Waals surface area (Å²) in [6.07, 6.45) is 0.947. The number of methoxy groups -OCH3 is 1. The van der Waals surface area contributed by atoms with Gasteiger partial charge in [-0.15, -0.1) is 0 Å². The van der Waals surface area contributed by atoms with Gasteiger partial charge in [-0.1, -0.05) is 13.0 Å². The van der Waals surface area contributed by atoms with Gasteiger partial charge in [0.1, 0.15) is 0 Å². The molecule has 0 aliphatic rings. The fourth-order valence-corrected chi connectivity index (χ4v) is 2.20. The minimum atomic E-state index is 0.161. The van der Waals surface area contributed by atoms with E-state index in [9.17, 15) is 0 Å². The summed E-state index contributed by atoms with van der Waals surface area (Å²) in [5.41, 5.74) is 3.63. The number of aryl methyl sites for hydroxylation is 1. The Bertz CT molecular complexity index is 801. The molecule has 1 N–H and O–H groups in total. The predicted molar refractivity (Wildman–Crippen MR) is 70.9 cm³/mol. The van der Waals surface area contributed by atoms with Crippen LogP contribution in [0.2, 0.25) is 0 Å². The van der Waals surface area contributed by atoms with Crippen LogP contribution in [0.25, 0.3) is 16.6 Å². The molecule has 0 radical (unpaired) electrons. The van der Waals surface area contributed by atoms with Crippen molar-refractivity contribution in [3.05, 3.63) is 41.1 Å². The van der Waals surface area contributed by atoms with Gasteiger partial charge in [-0.25, -0.2) is 0 Å². The summed E-state index contributed by atoms with van der Waals surface area (Å²) in [4.78, 5) is 0. The summed E-state index contributed by atoms with van der Waals surface area (Å²) in [7, 11) is 1.63. The highest BCUT2D eigenvalue weighted by molar-refractivity contribution is 5.79. The molecule has 3 aromatic rings. The normalized spacial score (nSPS) is 11.5. The third-order valence-electron chi connectivity index (χ3n) is 3.17. The van der Waals surface area contributed by atoms with Gasteiger partial charge in [-0.05, 0) is 24.1 Å². The van der Waals surface area contributed by atoms with Crippen molar-refractivity contribution in [1.29, 1.82) is 5.41 Å². The first kappa shape index (κ1) is 11.9. The Morgan fingerprint density at radius 1 is 1.37 bits per heavy atom. The molecule has 0 bridgehead atoms. The molecule has 0 atom stereocenters. The molecule has 0 fully saturated rings. The molecule has 0 unspecified atom stereocenters. The van der Waals surface area contributed by atoms with Crippen LogP contribution in [0.15, 0.2) is 28.7 Å². The maximum absolute atomic E-state index is 7.95. The highest BCUT2D eigenvalue weighted by Crippen LogP contribution is 2.16. The van der Waals surface area contributed by atoms with Gasteiger partial charge < -0.3 is 9.15 Å². The van der Waals surface area contributed by atoms with Gasteiger partial charge in [0.25, 0.3) is 0 Å². The van der Waals surface area contributed by atoms with E-state index in [1.165, 1.54) is 5.56 Å². The van der Waals surface area contributed by atoms with Crippen LogP contribution in [-0.2, 0) is 17.8 Å². The zero-order valence-corrected chi connectivity index (χ0v) is 10.9. The highest BCUT2D eigenvalue weighted by atomic mass is 16.5. The molecule has 0 aliphatic heterocycles. The Kier molecular flexibility index (Phi) is 2.83. The van der Waals surface area contributed by atoms with Crippen LogP contribution in [0.5, 0.6) is 0 Å².